The fourth-order valence-electron chi connectivity index (χ4n) is 3.94. The number of nitrogens with zero attached hydrogens (tertiary/aromatic N) is 2. The maximum Gasteiger partial charge on any atom is 0.320 e. The fraction of sp³-hybridized carbons (Fsp3) is 0.273. The number of carboxylic acid groups (broad SMARTS) is 1. The lowest BCUT2D eigenvalue weighted by molar-refractivity contribution is -0.145. The summed E-state index contributed by atoms with van der Waals surface area (Å²) in [6, 6.07) is 19.0. The lowest BCUT2D eigenvalue weighted by atomic mass is 9.94. The SMILES string of the molecule is O=C(O)C1CCCCN1C(c1ccc(Cl)cc1)c1ccc2ccccc2n1. The zero-order chi connectivity index (χ0) is 18.8. The normalized spacial score (nSPS) is 19.1. The summed E-state index contributed by atoms with van der Waals surface area (Å²) in [4.78, 5) is 18.9. The number of rotatable bonds is 4. The zero-order valence-corrected chi connectivity index (χ0v) is 15.6. The molecule has 1 fully saturated rings. The van der Waals surface area contributed by atoms with Crippen molar-refractivity contribution in [1.82, 2.24) is 9.88 Å². The Balaban J connectivity index is 1.83. The summed E-state index contributed by atoms with van der Waals surface area (Å²) in [5, 5.41) is 11.5. The van der Waals surface area contributed by atoms with Crippen molar-refractivity contribution in [2.45, 2.75) is 31.3 Å². The quantitative estimate of drug-likeness (QED) is 0.698. The minimum absolute atomic E-state index is 0.215. The van der Waals surface area contributed by atoms with Gasteiger partial charge in [-0.25, -0.2) is 0 Å². The molecule has 1 saturated heterocycles. The smallest absolute Gasteiger partial charge is 0.320 e. The summed E-state index contributed by atoms with van der Waals surface area (Å²) < 4.78 is 0. The Bertz CT molecular complexity index is 958. The van der Waals surface area contributed by atoms with Crippen molar-refractivity contribution in [2.75, 3.05) is 6.54 Å². The molecule has 138 valence electrons. The molecule has 4 rings (SSSR count). The highest BCUT2D eigenvalue weighted by Gasteiger charge is 2.35. The molecular weight excluding hydrogens is 360 g/mol. The molecule has 1 aromatic heterocycles. The third-order valence-electron chi connectivity index (χ3n) is 5.25. The van der Waals surface area contributed by atoms with Gasteiger partial charge in [0, 0.05) is 10.4 Å². The molecule has 1 aliphatic rings. The van der Waals surface area contributed by atoms with Crippen molar-refractivity contribution in [1.29, 1.82) is 0 Å². The van der Waals surface area contributed by atoms with Gasteiger partial charge in [0.2, 0.25) is 0 Å². The van der Waals surface area contributed by atoms with Crippen LogP contribution in [0.25, 0.3) is 10.9 Å². The molecule has 2 aromatic carbocycles. The van der Waals surface area contributed by atoms with Gasteiger partial charge in [-0.1, -0.05) is 54.4 Å². The van der Waals surface area contributed by atoms with Crippen molar-refractivity contribution in [2.24, 2.45) is 0 Å². The molecule has 4 nitrogen and oxygen atoms in total. The maximum atomic E-state index is 11.9. The Morgan fingerprint density at radius 1 is 1.07 bits per heavy atom. The van der Waals surface area contributed by atoms with Gasteiger partial charge < -0.3 is 5.11 Å². The van der Waals surface area contributed by atoms with Crippen LogP contribution in [-0.2, 0) is 4.79 Å². The summed E-state index contributed by atoms with van der Waals surface area (Å²) in [5.74, 6) is -0.769. The van der Waals surface area contributed by atoms with Gasteiger partial charge in [0.25, 0.3) is 0 Å². The number of likely N-dealkylation sites (tertiary alicyclic amines) is 1. The van der Waals surface area contributed by atoms with E-state index in [4.69, 9.17) is 16.6 Å². The number of pyridine rings is 1. The van der Waals surface area contributed by atoms with Gasteiger partial charge in [0.1, 0.15) is 6.04 Å². The predicted octanol–water partition coefficient (Wildman–Crippen LogP) is 4.92. The van der Waals surface area contributed by atoms with Crippen LogP contribution in [0.15, 0.2) is 60.7 Å². The molecule has 2 atom stereocenters. The van der Waals surface area contributed by atoms with Gasteiger partial charge in [-0.05, 0) is 49.2 Å². The highest BCUT2D eigenvalue weighted by molar-refractivity contribution is 6.30. The predicted molar refractivity (Wildman–Crippen MR) is 107 cm³/mol. The number of hydrogen-bond acceptors (Lipinski definition) is 3. The molecule has 2 heterocycles. The number of fused-ring (bicyclic) bond motifs is 1. The number of carbonyl (C=O) groups is 1. The van der Waals surface area contributed by atoms with E-state index in [1.54, 1.807) is 0 Å². The van der Waals surface area contributed by atoms with E-state index >= 15 is 0 Å². The third-order valence-corrected chi connectivity index (χ3v) is 5.50. The molecule has 2 unspecified atom stereocenters. The molecule has 0 saturated carbocycles. The summed E-state index contributed by atoms with van der Waals surface area (Å²) in [7, 11) is 0. The second-order valence-corrected chi connectivity index (χ2v) is 7.41. The lowest BCUT2D eigenvalue weighted by Crippen LogP contribution is -2.47. The van der Waals surface area contributed by atoms with E-state index < -0.39 is 12.0 Å². The van der Waals surface area contributed by atoms with Gasteiger partial charge >= 0.3 is 5.97 Å². The highest BCUT2D eigenvalue weighted by Crippen LogP contribution is 2.34. The Morgan fingerprint density at radius 3 is 2.63 bits per heavy atom. The number of aromatic nitrogens is 1. The summed E-state index contributed by atoms with van der Waals surface area (Å²) in [6.07, 6.45) is 2.58. The van der Waals surface area contributed by atoms with Crippen LogP contribution < -0.4 is 0 Å². The number of para-hydroxylation sites is 1. The van der Waals surface area contributed by atoms with Gasteiger partial charge in [-0.15, -0.1) is 0 Å². The standard InChI is InChI=1S/C22H21ClN2O2/c23-17-11-8-16(9-12-17)21(25-14-4-3-7-20(25)22(26)27)19-13-10-15-5-1-2-6-18(15)24-19/h1-2,5-6,8-13,20-21H,3-4,7,14H2,(H,26,27). The maximum absolute atomic E-state index is 11.9. The van der Waals surface area contributed by atoms with Gasteiger partial charge in [0.05, 0.1) is 17.3 Å². The van der Waals surface area contributed by atoms with Gasteiger partial charge in [-0.3, -0.25) is 14.7 Å². The van der Waals surface area contributed by atoms with Gasteiger partial charge in [0.15, 0.2) is 0 Å². The van der Waals surface area contributed by atoms with Crippen molar-refractivity contribution in [3.05, 3.63) is 76.9 Å². The van der Waals surface area contributed by atoms with Crippen LogP contribution >= 0.6 is 11.6 Å². The van der Waals surface area contributed by atoms with Crippen LogP contribution in [-0.4, -0.2) is 33.5 Å². The number of piperidine rings is 1. The monoisotopic (exact) mass is 380 g/mol. The van der Waals surface area contributed by atoms with Crippen LogP contribution in [0.5, 0.6) is 0 Å². The Kier molecular flexibility index (Phi) is 5.10. The average Bonchev–Trinajstić information content (AvgIpc) is 2.70. The Morgan fingerprint density at radius 2 is 1.85 bits per heavy atom. The van der Waals surface area contributed by atoms with Crippen molar-refractivity contribution >= 4 is 28.5 Å². The van der Waals surface area contributed by atoms with E-state index in [1.807, 2.05) is 54.6 Å². The highest BCUT2D eigenvalue weighted by atomic mass is 35.5. The number of benzene rings is 2. The molecule has 0 bridgehead atoms. The average molecular weight is 381 g/mol. The first-order chi connectivity index (χ1) is 13.1. The fourth-order valence-corrected chi connectivity index (χ4v) is 4.07. The van der Waals surface area contributed by atoms with E-state index in [1.165, 1.54) is 0 Å². The molecule has 27 heavy (non-hydrogen) atoms. The topological polar surface area (TPSA) is 53.4 Å². The van der Waals surface area contributed by atoms with Crippen LogP contribution in [0.2, 0.25) is 5.02 Å². The van der Waals surface area contributed by atoms with Crippen molar-refractivity contribution < 1.29 is 9.90 Å². The number of halogens is 1. The van der Waals surface area contributed by atoms with Crippen molar-refractivity contribution in [3.8, 4) is 0 Å². The molecule has 0 spiro atoms. The number of carboxylic acids is 1. The Hall–Kier alpha value is -2.43. The first-order valence-corrected chi connectivity index (χ1v) is 9.61. The summed E-state index contributed by atoms with van der Waals surface area (Å²) >= 11 is 6.08. The molecule has 0 radical (unpaired) electrons. The van der Waals surface area contributed by atoms with Crippen LogP contribution in [0.3, 0.4) is 0 Å². The lowest BCUT2D eigenvalue weighted by Gasteiger charge is -2.39. The first kappa shape index (κ1) is 18.0. The largest absolute Gasteiger partial charge is 0.480 e. The van der Waals surface area contributed by atoms with E-state index in [0.29, 0.717) is 11.4 Å². The van der Waals surface area contributed by atoms with Crippen molar-refractivity contribution in [3.63, 3.8) is 0 Å². The number of hydrogen-bond donors (Lipinski definition) is 1. The van der Waals surface area contributed by atoms with E-state index in [0.717, 1.165) is 41.5 Å². The van der Waals surface area contributed by atoms with Gasteiger partial charge in [-0.2, -0.15) is 0 Å². The first-order valence-electron chi connectivity index (χ1n) is 9.23. The number of aliphatic carboxylic acids is 1. The second kappa shape index (κ2) is 7.67. The molecule has 3 aromatic rings. The van der Waals surface area contributed by atoms with Crippen LogP contribution in [0, 0.1) is 0 Å². The third kappa shape index (κ3) is 3.68. The van der Waals surface area contributed by atoms with E-state index in [9.17, 15) is 9.90 Å². The van der Waals surface area contributed by atoms with E-state index in [2.05, 4.69) is 11.0 Å². The Labute approximate surface area is 163 Å². The molecule has 0 amide bonds. The molecule has 1 N–H and O–H groups in total. The molecule has 5 heteroatoms. The minimum Gasteiger partial charge on any atom is -0.480 e. The summed E-state index contributed by atoms with van der Waals surface area (Å²) in [6.45, 7) is 0.735. The molecule has 1 aliphatic heterocycles. The second-order valence-electron chi connectivity index (χ2n) is 6.97. The van der Waals surface area contributed by atoms with Crippen LogP contribution in [0.4, 0.5) is 0 Å². The molecular formula is C22H21ClN2O2. The minimum atomic E-state index is -0.769. The zero-order valence-electron chi connectivity index (χ0n) is 14.9. The summed E-state index contributed by atoms with van der Waals surface area (Å²) in [5.41, 5.74) is 2.79. The van der Waals surface area contributed by atoms with E-state index in [-0.39, 0.29) is 6.04 Å². The van der Waals surface area contributed by atoms with Crippen LogP contribution in [0.1, 0.15) is 36.6 Å². The molecule has 0 aliphatic carbocycles.